The van der Waals surface area contributed by atoms with Crippen molar-refractivity contribution in [2.75, 3.05) is 13.7 Å². The fourth-order valence-corrected chi connectivity index (χ4v) is 1.41. The van der Waals surface area contributed by atoms with Crippen LogP contribution in [0.2, 0.25) is 0 Å². The Morgan fingerprint density at radius 2 is 2.00 bits per heavy atom. The monoisotopic (exact) mass is 268 g/mol. The highest BCUT2D eigenvalue weighted by Crippen LogP contribution is 2.17. The zero-order chi connectivity index (χ0) is 14.5. The summed E-state index contributed by atoms with van der Waals surface area (Å²) in [5.41, 5.74) is 0.716. The average Bonchev–Trinajstić information content (AvgIpc) is 2.33. The molecule has 1 aromatic carbocycles. The predicted molar refractivity (Wildman–Crippen MR) is 72.6 cm³/mol. The second kappa shape index (κ2) is 6.41. The van der Waals surface area contributed by atoms with E-state index >= 15 is 0 Å². The Hall–Kier alpha value is -1.78. The summed E-state index contributed by atoms with van der Waals surface area (Å²) in [4.78, 5) is 11.5. The predicted octanol–water partition coefficient (Wildman–Crippen LogP) is 2.68. The Bertz CT molecular complexity index is 442. The quantitative estimate of drug-likeness (QED) is 0.882. The number of hydrogen-bond acceptors (Lipinski definition) is 2. The van der Waals surface area contributed by atoms with Crippen LogP contribution in [0.25, 0.3) is 0 Å². The van der Waals surface area contributed by atoms with E-state index in [1.54, 1.807) is 12.1 Å². The summed E-state index contributed by atoms with van der Waals surface area (Å²) in [6.45, 7) is 6.96. The number of ether oxygens (including phenoxy) is 1. The Morgan fingerprint density at radius 3 is 2.53 bits per heavy atom. The summed E-state index contributed by atoms with van der Waals surface area (Å²) in [5, 5.41) is 5.44. The molecule has 0 aliphatic heterocycles. The van der Waals surface area contributed by atoms with E-state index in [1.165, 1.54) is 13.2 Å². The number of amides is 2. The van der Waals surface area contributed by atoms with Crippen molar-refractivity contribution < 1.29 is 13.9 Å². The lowest BCUT2D eigenvalue weighted by atomic mass is 9.97. The zero-order valence-electron chi connectivity index (χ0n) is 11.8. The largest absolute Gasteiger partial charge is 0.494 e. The molecule has 0 unspecified atom stereocenters. The van der Waals surface area contributed by atoms with Crippen LogP contribution in [0.15, 0.2) is 18.2 Å². The van der Waals surface area contributed by atoms with Crippen molar-refractivity contribution in [3.8, 4) is 5.75 Å². The van der Waals surface area contributed by atoms with Crippen LogP contribution in [-0.2, 0) is 6.54 Å². The van der Waals surface area contributed by atoms with Gasteiger partial charge in [-0.25, -0.2) is 9.18 Å². The fourth-order valence-electron chi connectivity index (χ4n) is 1.41. The third-order valence-corrected chi connectivity index (χ3v) is 2.45. The van der Waals surface area contributed by atoms with Crippen molar-refractivity contribution in [1.82, 2.24) is 10.6 Å². The lowest BCUT2D eigenvalue weighted by molar-refractivity contribution is 0.235. The molecule has 0 bridgehead atoms. The van der Waals surface area contributed by atoms with Gasteiger partial charge in [-0.3, -0.25) is 0 Å². The van der Waals surface area contributed by atoms with Crippen LogP contribution in [0.5, 0.6) is 5.75 Å². The van der Waals surface area contributed by atoms with E-state index in [0.29, 0.717) is 12.1 Å². The third kappa shape index (κ3) is 5.59. The maximum absolute atomic E-state index is 13.4. The van der Waals surface area contributed by atoms with Crippen molar-refractivity contribution in [2.45, 2.75) is 27.3 Å². The molecule has 106 valence electrons. The summed E-state index contributed by atoms with van der Waals surface area (Å²) in [6.07, 6.45) is 0. The molecule has 2 N–H and O–H groups in total. The molecule has 0 heterocycles. The zero-order valence-corrected chi connectivity index (χ0v) is 11.8. The van der Waals surface area contributed by atoms with Gasteiger partial charge in [0.1, 0.15) is 0 Å². The van der Waals surface area contributed by atoms with Gasteiger partial charge in [0, 0.05) is 13.1 Å². The lowest BCUT2D eigenvalue weighted by Crippen LogP contribution is -2.39. The molecule has 0 saturated carbocycles. The van der Waals surface area contributed by atoms with E-state index < -0.39 is 5.82 Å². The van der Waals surface area contributed by atoms with E-state index in [4.69, 9.17) is 4.74 Å². The van der Waals surface area contributed by atoms with Crippen molar-refractivity contribution >= 4 is 6.03 Å². The molecule has 2 amide bonds. The molecule has 0 atom stereocenters. The SMILES string of the molecule is COc1ccc(CNC(=O)NCC(C)(C)C)cc1F. The fraction of sp³-hybridized carbons (Fsp3) is 0.500. The van der Waals surface area contributed by atoms with Crippen molar-refractivity contribution in [2.24, 2.45) is 5.41 Å². The molecule has 19 heavy (non-hydrogen) atoms. The maximum Gasteiger partial charge on any atom is 0.315 e. The number of benzene rings is 1. The van der Waals surface area contributed by atoms with Crippen LogP contribution in [0.1, 0.15) is 26.3 Å². The van der Waals surface area contributed by atoms with Crippen LogP contribution in [0.4, 0.5) is 9.18 Å². The number of carbonyl (C=O) groups is 1. The van der Waals surface area contributed by atoms with Gasteiger partial charge >= 0.3 is 6.03 Å². The summed E-state index contributed by atoms with van der Waals surface area (Å²) >= 11 is 0. The van der Waals surface area contributed by atoms with E-state index in [9.17, 15) is 9.18 Å². The molecule has 0 aromatic heterocycles. The highest BCUT2D eigenvalue weighted by atomic mass is 19.1. The first-order chi connectivity index (χ1) is 8.81. The van der Waals surface area contributed by atoms with Gasteiger partial charge in [-0.05, 0) is 23.1 Å². The second-order valence-corrected chi connectivity index (χ2v) is 5.57. The molecule has 0 radical (unpaired) electrons. The molecule has 0 saturated heterocycles. The van der Waals surface area contributed by atoms with Gasteiger partial charge in [0.2, 0.25) is 0 Å². The molecule has 4 nitrogen and oxygen atoms in total. The Morgan fingerprint density at radius 1 is 1.32 bits per heavy atom. The van der Waals surface area contributed by atoms with E-state index in [1.807, 2.05) is 20.8 Å². The number of urea groups is 1. The first kappa shape index (κ1) is 15.3. The van der Waals surface area contributed by atoms with E-state index in [2.05, 4.69) is 10.6 Å². The minimum Gasteiger partial charge on any atom is -0.494 e. The van der Waals surface area contributed by atoms with Crippen LogP contribution in [0, 0.1) is 11.2 Å². The Kier molecular flexibility index (Phi) is 5.15. The number of halogens is 1. The van der Waals surface area contributed by atoms with Crippen LogP contribution in [0.3, 0.4) is 0 Å². The van der Waals surface area contributed by atoms with Gasteiger partial charge in [0.15, 0.2) is 11.6 Å². The van der Waals surface area contributed by atoms with E-state index in [0.717, 1.165) is 0 Å². The standard InChI is InChI=1S/C14H21FN2O2/c1-14(2,3)9-17-13(18)16-8-10-5-6-12(19-4)11(15)7-10/h5-7H,8-9H2,1-4H3,(H2,16,17,18). The molecule has 1 rings (SSSR count). The van der Waals surface area contributed by atoms with Gasteiger partial charge in [-0.2, -0.15) is 0 Å². The van der Waals surface area contributed by atoms with Gasteiger partial charge in [-0.15, -0.1) is 0 Å². The highest BCUT2D eigenvalue weighted by Gasteiger charge is 2.11. The van der Waals surface area contributed by atoms with Crippen molar-refractivity contribution in [3.05, 3.63) is 29.6 Å². The summed E-state index contributed by atoms with van der Waals surface area (Å²) in [5.74, 6) is -0.238. The number of carbonyl (C=O) groups excluding carboxylic acids is 1. The molecule has 0 aliphatic rings. The smallest absolute Gasteiger partial charge is 0.315 e. The molecular formula is C14H21FN2O2. The third-order valence-electron chi connectivity index (χ3n) is 2.45. The maximum atomic E-state index is 13.4. The molecule has 1 aromatic rings. The highest BCUT2D eigenvalue weighted by molar-refractivity contribution is 5.73. The normalized spacial score (nSPS) is 11.0. The molecule has 0 fully saturated rings. The number of rotatable bonds is 4. The first-order valence-corrected chi connectivity index (χ1v) is 6.16. The Balaban J connectivity index is 2.44. The van der Waals surface area contributed by atoms with Gasteiger partial charge < -0.3 is 15.4 Å². The average molecular weight is 268 g/mol. The van der Waals surface area contributed by atoms with Crippen LogP contribution in [-0.4, -0.2) is 19.7 Å². The van der Waals surface area contributed by atoms with Crippen LogP contribution < -0.4 is 15.4 Å². The number of hydrogen-bond donors (Lipinski definition) is 2. The second-order valence-electron chi connectivity index (χ2n) is 5.57. The molecule has 0 spiro atoms. The van der Waals surface area contributed by atoms with Gasteiger partial charge in [0.05, 0.1) is 7.11 Å². The summed E-state index contributed by atoms with van der Waals surface area (Å²) < 4.78 is 18.3. The lowest BCUT2D eigenvalue weighted by Gasteiger charge is -2.18. The molecule has 5 heteroatoms. The first-order valence-electron chi connectivity index (χ1n) is 6.16. The topological polar surface area (TPSA) is 50.4 Å². The number of nitrogens with one attached hydrogen (secondary N) is 2. The minimum absolute atomic E-state index is 0.0313. The number of methoxy groups -OCH3 is 1. The van der Waals surface area contributed by atoms with Gasteiger partial charge in [0.25, 0.3) is 0 Å². The Labute approximate surface area is 113 Å². The summed E-state index contributed by atoms with van der Waals surface area (Å²) in [7, 11) is 1.41. The minimum atomic E-state index is -0.433. The summed E-state index contributed by atoms with van der Waals surface area (Å²) in [6, 6.07) is 4.35. The van der Waals surface area contributed by atoms with Gasteiger partial charge in [-0.1, -0.05) is 26.8 Å². The molecule has 0 aliphatic carbocycles. The molecular weight excluding hydrogens is 247 g/mol. The van der Waals surface area contributed by atoms with E-state index in [-0.39, 0.29) is 23.7 Å². The van der Waals surface area contributed by atoms with Crippen LogP contribution >= 0.6 is 0 Å². The van der Waals surface area contributed by atoms with Crippen molar-refractivity contribution in [1.29, 1.82) is 0 Å². The van der Waals surface area contributed by atoms with Crippen molar-refractivity contribution in [3.63, 3.8) is 0 Å².